The van der Waals surface area contributed by atoms with Gasteiger partial charge in [-0.25, -0.2) is 0 Å². The summed E-state index contributed by atoms with van der Waals surface area (Å²) in [4.78, 5) is 13.7. The lowest BCUT2D eigenvalue weighted by Crippen LogP contribution is -2.33. The topological polar surface area (TPSA) is 26.3 Å². The Morgan fingerprint density at radius 1 is 1.04 bits per heavy atom. The third-order valence-electron chi connectivity index (χ3n) is 5.73. The van der Waals surface area contributed by atoms with Gasteiger partial charge in [-0.15, -0.1) is 11.3 Å². The van der Waals surface area contributed by atoms with Crippen LogP contribution in [0.4, 0.5) is 0 Å². The number of esters is 1. The van der Waals surface area contributed by atoms with E-state index in [0.29, 0.717) is 19.4 Å². The minimum absolute atomic E-state index is 0.136. The molecule has 1 aromatic heterocycles. The number of rotatable bonds is 4. The predicted molar refractivity (Wildman–Crippen MR) is 117 cm³/mol. The fourth-order valence-corrected chi connectivity index (χ4v) is 4.70. The largest absolute Gasteiger partial charge is 0.466 e. The Morgan fingerprint density at radius 3 is 2.46 bits per heavy atom. The van der Waals surface area contributed by atoms with Crippen molar-refractivity contribution in [2.45, 2.75) is 71.1 Å². The number of fused-ring (bicyclic) bond motifs is 1. The summed E-state index contributed by atoms with van der Waals surface area (Å²) in [5.74, 6) is 6.51. The predicted octanol–water partition coefficient (Wildman–Crippen LogP) is 5.99. The molecule has 28 heavy (non-hydrogen) atoms. The molecule has 0 amide bonds. The lowest BCUT2D eigenvalue weighted by Gasteiger charge is -2.41. The third-order valence-corrected chi connectivity index (χ3v) is 6.79. The van der Waals surface area contributed by atoms with Crippen LogP contribution >= 0.6 is 11.3 Å². The van der Waals surface area contributed by atoms with Gasteiger partial charge in [0.2, 0.25) is 0 Å². The Balaban J connectivity index is 1.76. The maximum atomic E-state index is 11.5. The normalized spacial score (nSPS) is 16.6. The number of aryl methyl sites for hydroxylation is 1. The second kappa shape index (κ2) is 8.13. The first-order valence-electron chi connectivity index (χ1n) is 10.1. The van der Waals surface area contributed by atoms with E-state index in [1.807, 2.05) is 13.0 Å². The lowest BCUT2D eigenvalue weighted by atomic mass is 9.63. The summed E-state index contributed by atoms with van der Waals surface area (Å²) in [6.45, 7) is 11.6. The van der Waals surface area contributed by atoms with Crippen molar-refractivity contribution >= 4 is 17.3 Å². The Kier molecular flexibility index (Phi) is 6.01. The Morgan fingerprint density at radius 2 is 1.75 bits per heavy atom. The van der Waals surface area contributed by atoms with E-state index in [0.717, 1.165) is 10.4 Å². The minimum Gasteiger partial charge on any atom is -0.466 e. The highest BCUT2D eigenvalue weighted by Gasteiger charge is 2.36. The molecule has 0 atom stereocenters. The van der Waals surface area contributed by atoms with Gasteiger partial charge < -0.3 is 4.74 Å². The van der Waals surface area contributed by atoms with Gasteiger partial charge in [-0.05, 0) is 72.4 Å². The second-order valence-electron chi connectivity index (χ2n) is 8.85. The van der Waals surface area contributed by atoms with Crippen molar-refractivity contribution in [1.29, 1.82) is 0 Å². The molecule has 1 aliphatic rings. The van der Waals surface area contributed by atoms with Crippen molar-refractivity contribution in [2.75, 3.05) is 6.61 Å². The molecular weight excluding hydrogens is 364 g/mol. The molecule has 148 valence electrons. The second-order valence-corrected chi connectivity index (χ2v) is 10.0. The molecule has 0 saturated carbocycles. The maximum absolute atomic E-state index is 11.5. The van der Waals surface area contributed by atoms with E-state index < -0.39 is 0 Å². The summed E-state index contributed by atoms with van der Waals surface area (Å²) >= 11 is 1.66. The summed E-state index contributed by atoms with van der Waals surface area (Å²) in [5, 5.41) is 0. The van der Waals surface area contributed by atoms with E-state index in [2.05, 4.69) is 63.8 Å². The SMILES string of the molecule is CCOC(=O)CCc1ccc(C#Cc2ccc3c(c2)C(C)(C)CCC3(C)C)s1. The van der Waals surface area contributed by atoms with Crippen LogP contribution in [0.15, 0.2) is 30.3 Å². The van der Waals surface area contributed by atoms with Crippen LogP contribution in [-0.4, -0.2) is 12.6 Å². The summed E-state index contributed by atoms with van der Waals surface area (Å²) in [5.41, 5.74) is 4.42. The first-order valence-corrected chi connectivity index (χ1v) is 10.9. The van der Waals surface area contributed by atoms with Crippen LogP contribution in [0.5, 0.6) is 0 Å². The van der Waals surface area contributed by atoms with Crippen LogP contribution in [0.25, 0.3) is 0 Å². The van der Waals surface area contributed by atoms with Crippen molar-refractivity contribution < 1.29 is 9.53 Å². The van der Waals surface area contributed by atoms with Gasteiger partial charge in [0.05, 0.1) is 17.9 Å². The smallest absolute Gasteiger partial charge is 0.306 e. The third kappa shape index (κ3) is 4.67. The van der Waals surface area contributed by atoms with Crippen LogP contribution < -0.4 is 0 Å². The number of ether oxygens (including phenoxy) is 1. The molecule has 3 heteroatoms. The first-order chi connectivity index (χ1) is 13.2. The van der Waals surface area contributed by atoms with Crippen molar-refractivity contribution in [3.05, 3.63) is 56.8 Å². The number of hydrogen-bond acceptors (Lipinski definition) is 3. The molecule has 0 saturated heterocycles. The van der Waals surface area contributed by atoms with Crippen LogP contribution in [0.3, 0.4) is 0 Å². The Labute approximate surface area is 173 Å². The average Bonchev–Trinajstić information content (AvgIpc) is 3.10. The molecule has 0 bridgehead atoms. The van der Waals surface area contributed by atoms with Crippen LogP contribution in [0.2, 0.25) is 0 Å². The highest BCUT2D eigenvalue weighted by molar-refractivity contribution is 7.12. The van der Waals surface area contributed by atoms with E-state index in [1.165, 1.54) is 28.8 Å². The van der Waals surface area contributed by atoms with Gasteiger partial charge in [-0.1, -0.05) is 45.6 Å². The summed E-state index contributed by atoms with van der Waals surface area (Å²) in [7, 11) is 0. The Hall–Kier alpha value is -2.05. The fourth-order valence-electron chi connectivity index (χ4n) is 3.84. The summed E-state index contributed by atoms with van der Waals surface area (Å²) in [6.07, 6.45) is 3.57. The standard InChI is InChI=1S/C25H30O2S/c1-6-27-23(26)14-12-20-11-10-19(28-20)9-7-18-8-13-21-22(17-18)25(4,5)16-15-24(21,2)3/h8,10-11,13,17H,6,12,14-16H2,1-5H3. The minimum atomic E-state index is -0.136. The molecule has 0 fully saturated rings. The maximum Gasteiger partial charge on any atom is 0.306 e. The van der Waals surface area contributed by atoms with E-state index in [4.69, 9.17) is 4.74 Å². The van der Waals surface area contributed by atoms with Gasteiger partial charge >= 0.3 is 5.97 Å². The van der Waals surface area contributed by atoms with Crippen LogP contribution in [0, 0.1) is 11.8 Å². The van der Waals surface area contributed by atoms with Crippen molar-refractivity contribution in [1.82, 2.24) is 0 Å². The monoisotopic (exact) mass is 394 g/mol. The van der Waals surface area contributed by atoms with Gasteiger partial charge in [0, 0.05) is 10.4 Å². The molecule has 2 aromatic rings. The summed E-state index contributed by atoms with van der Waals surface area (Å²) < 4.78 is 4.99. The molecule has 0 spiro atoms. The summed E-state index contributed by atoms with van der Waals surface area (Å²) in [6, 6.07) is 10.8. The van der Waals surface area contributed by atoms with E-state index in [-0.39, 0.29) is 16.8 Å². The number of thiophene rings is 1. The van der Waals surface area contributed by atoms with Gasteiger partial charge in [-0.3, -0.25) is 4.79 Å². The average molecular weight is 395 g/mol. The van der Waals surface area contributed by atoms with E-state index >= 15 is 0 Å². The molecule has 0 unspecified atom stereocenters. The zero-order valence-electron chi connectivity index (χ0n) is 17.6. The molecule has 2 nitrogen and oxygen atoms in total. The van der Waals surface area contributed by atoms with Crippen molar-refractivity contribution in [2.24, 2.45) is 0 Å². The molecule has 1 aromatic carbocycles. The molecule has 0 aliphatic heterocycles. The van der Waals surface area contributed by atoms with Gasteiger partial charge in [0.25, 0.3) is 0 Å². The number of carbonyl (C=O) groups excluding carboxylic acids is 1. The molecular formula is C25H30O2S. The van der Waals surface area contributed by atoms with Crippen LogP contribution in [0.1, 0.15) is 80.3 Å². The number of carbonyl (C=O) groups is 1. The van der Waals surface area contributed by atoms with Crippen molar-refractivity contribution in [3.8, 4) is 11.8 Å². The fraction of sp³-hybridized carbons (Fsp3) is 0.480. The molecule has 0 N–H and O–H groups in total. The Bertz CT molecular complexity index is 922. The van der Waals surface area contributed by atoms with Gasteiger partial charge in [0.15, 0.2) is 0 Å². The number of benzene rings is 1. The zero-order chi connectivity index (χ0) is 20.4. The highest BCUT2D eigenvalue weighted by atomic mass is 32.1. The molecule has 1 heterocycles. The van der Waals surface area contributed by atoms with Gasteiger partial charge in [0.1, 0.15) is 0 Å². The van der Waals surface area contributed by atoms with E-state index in [1.54, 1.807) is 11.3 Å². The molecule has 3 rings (SSSR count). The first kappa shape index (κ1) is 20.7. The lowest BCUT2D eigenvalue weighted by molar-refractivity contribution is -0.143. The van der Waals surface area contributed by atoms with Crippen LogP contribution in [-0.2, 0) is 26.8 Å². The number of hydrogen-bond donors (Lipinski definition) is 0. The van der Waals surface area contributed by atoms with Gasteiger partial charge in [-0.2, -0.15) is 0 Å². The zero-order valence-corrected chi connectivity index (χ0v) is 18.5. The van der Waals surface area contributed by atoms with E-state index in [9.17, 15) is 4.79 Å². The van der Waals surface area contributed by atoms with Crippen molar-refractivity contribution in [3.63, 3.8) is 0 Å². The molecule has 1 aliphatic carbocycles. The quantitative estimate of drug-likeness (QED) is 0.470. The molecule has 0 radical (unpaired) electrons. The highest BCUT2D eigenvalue weighted by Crippen LogP contribution is 2.45.